The number of hydrogen-bond acceptors (Lipinski definition) is 4. The number of hydrogen-bond donors (Lipinski definition) is 1. The van der Waals surface area contributed by atoms with Crippen LogP contribution in [0.25, 0.3) is 11.3 Å². The molecule has 2 aromatic heterocycles. The van der Waals surface area contributed by atoms with Gasteiger partial charge in [0.25, 0.3) is 0 Å². The molecule has 2 fully saturated rings. The van der Waals surface area contributed by atoms with Crippen LogP contribution in [-0.2, 0) is 18.3 Å². The van der Waals surface area contributed by atoms with E-state index < -0.39 is 0 Å². The second kappa shape index (κ2) is 6.89. The van der Waals surface area contributed by atoms with E-state index in [-0.39, 0.29) is 0 Å². The molecule has 0 aromatic carbocycles. The highest BCUT2D eigenvalue weighted by Gasteiger charge is 2.56. The Morgan fingerprint density at radius 2 is 2.04 bits per heavy atom. The van der Waals surface area contributed by atoms with Gasteiger partial charge in [0, 0.05) is 61.4 Å². The van der Waals surface area contributed by atoms with E-state index in [1.54, 1.807) is 0 Å². The highest BCUT2D eigenvalue weighted by Crippen LogP contribution is 2.54. The van der Waals surface area contributed by atoms with Gasteiger partial charge in [0.1, 0.15) is 0 Å². The number of aromatic nitrogens is 3. The Labute approximate surface area is 149 Å². The summed E-state index contributed by atoms with van der Waals surface area (Å²) in [7, 11) is 1.99. The maximum Gasteiger partial charge on any atom is 0.0969 e. The SMILES string of the molecule is CCO[C@@H]1C[C@@H](NCc2cn(C)nc2-c2ccncc2)C12CCCC2. The second-order valence-corrected chi connectivity index (χ2v) is 7.47. The first kappa shape index (κ1) is 16.7. The van der Waals surface area contributed by atoms with Gasteiger partial charge in [0.2, 0.25) is 0 Å². The zero-order chi connectivity index (χ0) is 17.3. The van der Waals surface area contributed by atoms with Gasteiger partial charge in [-0.1, -0.05) is 12.8 Å². The molecule has 2 aliphatic rings. The Balaban J connectivity index is 1.47. The molecule has 134 valence electrons. The first-order chi connectivity index (χ1) is 12.2. The third kappa shape index (κ3) is 3.00. The highest BCUT2D eigenvalue weighted by atomic mass is 16.5. The predicted octanol–water partition coefficient (Wildman–Crippen LogP) is 3.31. The van der Waals surface area contributed by atoms with Gasteiger partial charge >= 0.3 is 0 Å². The number of ether oxygens (including phenoxy) is 1. The largest absolute Gasteiger partial charge is 0.378 e. The van der Waals surface area contributed by atoms with E-state index in [4.69, 9.17) is 4.74 Å². The Bertz CT molecular complexity index is 706. The van der Waals surface area contributed by atoms with E-state index >= 15 is 0 Å². The molecule has 0 bridgehead atoms. The van der Waals surface area contributed by atoms with Crippen LogP contribution in [0.5, 0.6) is 0 Å². The fraction of sp³-hybridized carbons (Fsp3) is 0.600. The topological polar surface area (TPSA) is 52.0 Å². The molecule has 4 rings (SSSR count). The molecule has 0 unspecified atom stereocenters. The van der Waals surface area contributed by atoms with Crippen molar-refractivity contribution in [2.75, 3.05) is 6.61 Å². The first-order valence-electron chi connectivity index (χ1n) is 9.51. The normalized spacial score (nSPS) is 24.6. The summed E-state index contributed by atoms with van der Waals surface area (Å²) in [6, 6.07) is 4.62. The molecule has 0 radical (unpaired) electrons. The first-order valence-corrected chi connectivity index (χ1v) is 9.51. The summed E-state index contributed by atoms with van der Waals surface area (Å²) in [5.74, 6) is 0. The minimum Gasteiger partial charge on any atom is -0.378 e. The summed E-state index contributed by atoms with van der Waals surface area (Å²) in [5.41, 5.74) is 3.80. The molecule has 0 amide bonds. The van der Waals surface area contributed by atoms with E-state index in [0.717, 1.165) is 30.8 Å². The van der Waals surface area contributed by atoms with Crippen molar-refractivity contribution in [3.63, 3.8) is 0 Å². The molecule has 2 saturated carbocycles. The molecule has 2 aromatic rings. The lowest BCUT2D eigenvalue weighted by Gasteiger charge is -2.54. The molecular weight excluding hydrogens is 312 g/mol. The molecule has 25 heavy (non-hydrogen) atoms. The predicted molar refractivity (Wildman–Crippen MR) is 98.0 cm³/mol. The van der Waals surface area contributed by atoms with Gasteiger partial charge in [0.15, 0.2) is 0 Å². The Morgan fingerprint density at radius 3 is 2.76 bits per heavy atom. The maximum absolute atomic E-state index is 6.03. The second-order valence-electron chi connectivity index (χ2n) is 7.47. The van der Waals surface area contributed by atoms with E-state index in [1.165, 1.54) is 31.2 Å². The number of nitrogens with one attached hydrogen (secondary N) is 1. The number of aryl methyl sites for hydroxylation is 1. The standard InChI is InChI=1S/C20H28N4O/c1-3-25-18-12-17(20(18)8-4-5-9-20)22-13-16-14-24(2)23-19(16)15-6-10-21-11-7-15/h6-7,10-11,14,17-18,22H,3-5,8-9,12-13H2,1-2H3/t17-,18-/m1/s1. The van der Waals surface area contributed by atoms with Crippen LogP contribution in [0.2, 0.25) is 0 Å². The van der Waals surface area contributed by atoms with Gasteiger partial charge in [-0.05, 0) is 38.3 Å². The van der Waals surface area contributed by atoms with Crippen LogP contribution in [0.3, 0.4) is 0 Å². The molecule has 1 N–H and O–H groups in total. The van der Waals surface area contributed by atoms with Gasteiger partial charge in [0.05, 0.1) is 11.8 Å². The van der Waals surface area contributed by atoms with Crippen LogP contribution >= 0.6 is 0 Å². The minimum atomic E-state index is 0.370. The highest BCUT2D eigenvalue weighted by molar-refractivity contribution is 5.61. The molecule has 0 saturated heterocycles. The smallest absolute Gasteiger partial charge is 0.0969 e. The zero-order valence-electron chi connectivity index (χ0n) is 15.2. The molecule has 1 spiro atoms. The molecule has 0 aliphatic heterocycles. The average molecular weight is 340 g/mol. The average Bonchev–Trinajstić information content (AvgIpc) is 3.27. The van der Waals surface area contributed by atoms with Crippen molar-refractivity contribution in [1.29, 1.82) is 0 Å². The van der Waals surface area contributed by atoms with Crippen LogP contribution in [-0.4, -0.2) is 33.5 Å². The lowest BCUT2D eigenvalue weighted by Crippen LogP contribution is -2.62. The fourth-order valence-electron chi connectivity index (χ4n) is 4.83. The van der Waals surface area contributed by atoms with Crippen molar-refractivity contribution >= 4 is 0 Å². The van der Waals surface area contributed by atoms with Gasteiger partial charge in [-0.15, -0.1) is 0 Å². The van der Waals surface area contributed by atoms with Crippen LogP contribution in [0.1, 0.15) is 44.6 Å². The molecule has 2 heterocycles. The summed E-state index contributed by atoms with van der Waals surface area (Å²) in [5, 5.41) is 8.49. The summed E-state index contributed by atoms with van der Waals surface area (Å²) in [6.45, 7) is 3.80. The third-order valence-corrected chi connectivity index (χ3v) is 6.08. The van der Waals surface area contributed by atoms with Crippen LogP contribution in [0, 0.1) is 5.41 Å². The van der Waals surface area contributed by atoms with Gasteiger partial charge < -0.3 is 10.1 Å². The van der Waals surface area contributed by atoms with E-state index in [1.807, 2.05) is 36.3 Å². The van der Waals surface area contributed by atoms with Crippen LogP contribution < -0.4 is 5.32 Å². The van der Waals surface area contributed by atoms with E-state index in [9.17, 15) is 0 Å². The lowest BCUT2D eigenvalue weighted by molar-refractivity contribution is -0.130. The quantitative estimate of drug-likeness (QED) is 0.876. The molecule has 5 nitrogen and oxygen atoms in total. The molecular formula is C20H28N4O. The van der Waals surface area contributed by atoms with Crippen molar-refractivity contribution in [2.45, 2.75) is 57.7 Å². The van der Waals surface area contributed by atoms with E-state index in [0.29, 0.717) is 17.6 Å². The maximum atomic E-state index is 6.03. The molecule has 5 heteroatoms. The monoisotopic (exact) mass is 340 g/mol. The van der Waals surface area contributed by atoms with Crippen molar-refractivity contribution < 1.29 is 4.74 Å². The van der Waals surface area contributed by atoms with Crippen molar-refractivity contribution in [2.24, 2.45) is 12.5 Å². The fourth-order valence-corrected chi connectivity index (χ4v) is 4.83. The zero-order valence-corrected chi connectivity index (χ0v) is 15.2. The van der Waals surface area contributed by atoms with Crippen LogP contribution in [0.15, 0.2) is 30.7 Å². The summed E-state index contributed by atoms with van der Waals surface area (Å²) in [4.78, 5) is 4.11. The lowest BCUT2D eigenvalue weighted by atomic mass is 9.60. The van der Waals surface area contributed by atoms with Crippen LogP contribution in [0.4, 0.5) is 0 Å². The van der Waals surface area contributed by atoms with E-state index in [2.05, 4.69) is 28.5 Å². The summed E-state index contributed by atoms with van der Waals surface area (Å²) < 4.78 is 7.94. The summed E-state index contributed by atoms with van der Waals surface area (Å²) >= 11 is 0. The summed E-state index contributed by atoms with van der Waals surface area (Å²) in [6.07, 6.45) is 12.7. The number of pyridine rings is 1. The van der Waals surface area contributed by atoms with Gasteiger partial charge in [-0.3, -0.25) is 9.67 Å². The van der Waals surface area contributed by atoms with Gasteiger partial charge in [-0.25, -0.2) is 0 Å². The number of nitrogens with zero attached hydrogens (tertiary/aromatic N) is 3. The molecule has 2 aliphatic carbocycles. The van der Waals surface area contributed by atoms with Gasteiger partial charge in [-0.2, -0.15) is 5.10 Å². The molecule has 2 atom stereocenters. The van der Waals surface area contributed by atoms with Crippen molar-refractivity contribution in [1.82, 2.24) is 20.1 Å². The third-order valence-electron chi connectivity index (χ3n) is 6.08. The number of rotatable bonds is 6. The van der Waals surface area contributed by atoms with Crippen molar-refractivity contribution in [3.05, 3.63) is 36.3 Å². The Kier molecular flexibility index (Phi) is 4.61. The van der Waals surface area contributed by atoms with Crippen molar-refractivity contribution in [3.8, 4) is 11.3 Å². The Hall–Kier alpha value is -1.72. The Morgan fingerprint density at radius 1 is 1.28 bits per heavy atom. The minimum absolute atomic E-state index is 0.370.